The standard InChI is InChI=1S/C21H18N4O3/c1-27-17-4-2-3-16(11-17)25-12-15(10-19(25)26)20-23-21(28-24-20)14-6-5-13-7-8-22-18(13)9-14/h2-9,11,15,22H,10,12H2,1H3. The highest BCUT2D eigenvalue weighted by atomic mass is 16.5. The number of anilines is 1. The van der Waals surface area contributed by atoms with Gasteiger partial charge in [-0.15, -0.1) is 0 Å². The lowest BCUT2D eigenvalue weighted by atomic mass is 10.1. The zero-order chi connectivity index (χ0) is 19.1. The van der Waals surface area contributed by atoms with Gasteiger partial charge in [-0.1, -0.05) is 17.3 Å². The Kier molecular flexibility index (Phi) is 3.86. The number of hydrogen-bond donors (Lipinski definition) is 1. The van der Waals surface area contributed by atoms with Gasteiger partial charge in [0.25, 0.3) is 5.89 Å². The Labute approximate surface area is 160 Å². The molecule has 1 fully saturated rings. The third-order valence-corrected chi connectivity index (χ3v) is 5.10. The molecule has 28 heavy (non-hydrogen) atoms. The maximum absolute atomic E-state index is 12.5. The second-order valence-corrected chi connectivity index (χ2v) is 6.84. The Morgan fingerprint density at radius 2 is 2.14 bits per heavy atom. The van der Waals surface area contributed by atoms with Crippen LogP contribution in [0.1, 0.15) is 18.2 Å². The fraction of sp³-hybridized carbons (Fsp3) is 0.190. The molecule has 5 rings (SSSR count). The van der Waals surface area contributed by atoms with Gasteiger partial charge in [0.05, 0.1) is 7.11 Å². The van der Waals surface area contributed by atoms with E-state index in [2.05, 4.69) is 15.1 Å². The molecule has 0 aliphatic carbocycles. The summed E-state index contributed by atoms with van der Waals surface area (Å²) < 4.78 is 10.7. The second kappa shape index (κ2) is 6.53. The summed E-state index contributed by atoms with van der Waals surface area (Å²) in [5, 5.41) is 5.26. The van der Waals surface area contributed by atoms with E-state index in [0.29, 0.717) is 24.7 Å². The van der Waals surface area contributed by atoms with Crippen LogP contribution in [0.25, 0.3) is 22.4 Å². The first-order chi connectivity index (χ1) is 13.7. The van der Waals surface area contributed by atoms with Gasteiger partial charge >= 0.3 is 0 Å². The van der Waals surface area contributed by atoms with Crippen LogP contribution in [0.3, 0.4) is 0 Å². The van der Waals surface area contributed by atoms with Gasteiger partial charge in [-0.3, -0.25) is 4.79 Å². The first kappa shape index (κ1) is 16.6. The van der Waals surface area contributed by atoms with Crippen LogP contribution >= 0.6 is 0 Å². The summed E-state index contributed by atoms with van der Waals surface area (Å²) >= 11 is 0. The molecule has 1 N–H and O–H groups in total. The largest absolute Gasteiger partial charge is 0.497 e. The van der Waals surface area contributed by atoms with E-state index in [9.17, 15) is 4.79 Å². The lowest BCUT2D eigenvalue weighted by Gasteiger charge is -2.16. The van der Waals surface area contributed by atoms with Crippen molar-refractivity contribution in [3.05, 3.63) is 60.6 Å². The quantitative estimate of drug-likeness (QED) is 0.588. The van der Waals surface area contributed by atoms with E-state index >= 15 is 0 Å². The maximum atomic E-state index is 12.5. The first-order valence-electron chi connectivity index (χ1n) is 9.07. The number of carbonyl (C=O) groups is 1. The smallest absolute Gasteiger partial charge is 0.258 e. The third-order valence-electron chi connectivity index (χ3n) is 5.10. The highest BCUT2D eigenvalue weighted by Gasteiger charge is 2.34. The molecule has 4 aromatic rings. The van der Waals surface area contributed by atoms with Gasteiger partial charge < -0.3 is 19.1 Å². The minimum Gasteiger partial charge on any atom is -0.497 e. The zero-order valence-corrected chi connectivity index (χ0v) is 15.3. The minimum atomic E-state index is -0.106. The highest BCUT2D eigenvalue weighted by molar-refractivity contribution is 5.96. The molecule has 1 aliphatic heterocycles. The predicted octanol–water partition coefficient (Wildman–Crippen LogP) is 3.75. The van der Waals surface area contributed by atoms with Crippen molar-refractivity contribution in [3.8, 4) is 17.2 Å². The number of rotatable bonds is 4. The molecular formula is C21H18N4O3. The van der Waals surface area contributed by atoms with Crippen LogP contribution in [0.2, 0.25) is 0 Å². The molecule has 2 aromatic carbocycles. The number of aromatic nitrogens is 3. The van der Waals surface area contributed by atoms with Crippen LogP contribution in [-0.2, 0) is 4.79 Å². The number of methoxy groups -OCH3 is 1. The molecule has 7 nitrogen and oxygen atoms in total. The summed E-state index contributed by atoms with van der Waals surface area (Å²) in [6, 6.07) is 15.4. The molecule has 1 amide bonds. The number of hydrogen-bond acceptors (Lipinski definition) is 5. The normalized spacial score (nSPS) is 16.8. The van der Waals surface area contributed by atoms with Crippen molar-refractivity contribution in [2.75, 3.05) is 18.6 Å². The van der Waals surface area contributed by atoms with Gasteiger partial charge in [0.2, 0.25) is 5.91 Å². The molecule has 0 bridgehead atoms. The molecule has 0 spiro atoms. The Bertz CT molecular complexity index is 1160. The van der Waals surface area contributed by atoms with E-state index in [1.54, 1.807) is 12.0 Å². The Morgan fingerprint density at radius 1 is 1.21 bits per heavy atom. The van der Waals surface area contributed by atoms with Crippen molar-refractivity contribution in [3.63, 3.8) is 0 Å². The molecule has 1 saturated heterocycles. The van der Waals surface area contributed by atoms with E-state index in [1.807, 2.05) is 54.7 Å². The number of ether oxygens (including phenoxy) is 1. The lowest BCUT2D eigenvalue weighted by Crippen LogP contribution is -2.24. The number of fused-ring (bicyclic) bond motifs is 1. The summed E-state index contributed by atoms with van der Waals surface area (Å²) in [7, 11) is 1.61. The van der Waals surface area contributed by atoms with Crippen LogP contribution in [0, 0.1) is 0 Å². The van der Waals surface area contributed by atoms with Gasteiger partial charge in [-0.25, -0.2) is 0 Å². The molecule has 1 aliphatic rings. The third kappa shape index (κ3) is 2.81. The van der Waals surface area contributed by atoms with Gasteiger partial charge in [-0.2, -0.15) is 4.98 Å². The fourth-order valence-corrected chi connectivity index (χ4v) is 3.61. The molecule has 1 unspecified atom stereocenters. The van der Waals surface area contributed by atoms with Crippen LogP contribution in [0.4, 0.5) is 5.69 Å². The molecule has 7 heteroatoms. The van der Waals surface area contributed by atoms with Gasteiger partial charge in [0, 0.05) is 47.9 Å². The van der Waals surface area contributed by atoms with Crippen molar-refractivity contribution in [2.45, 2.75) is 12.3 Å². The van der Waals surface area contributed by atoms with Crippen LogP contribution in [0.5, 0.6) is 5.75 Å². The van der Waals surface area contributed by atoms with E-state index in [-0.39, 0.29) is 11.8 Å². The first-order valence-corrected chi connectivity index (χ1v) is 9.07. The summed E-state index contributed by atoms with van der Waals surface area (Å²) in [6.07, 6.45) is 2.25. The second-order valence-electron chi connectivity index (χ2n) is 6.84. The number of aromatic amines is 1. The average Bonchev–Trinajstić information content (AvgIpc) is 3.46. The zero-order valence-electron chi connectivity index (χ0n) is 15.3. The number of benzene rings is 2. The van der Waals surface area contributed by atoms with Crippen LogP contribution < -0.4 is 9.64 Å². The molecule has 3 heterocycles. The number of nitrogens with zero attached hydrogens (tertiary/aromatic N) is 3. The van der Waals surface area contributed by atoms with E-state index in [0.717, 1.165) is 27.9 Å². The van der Waals surface area contributed by atoms with Gasteiger partial charge in [0.1, 0.15) is 5.75 Å². The number of carbonyl (C=O) groups excluding carboxylic acids is 1. The summed E-state index contributed by atoms with van der Waals surface area (Å²) in [6.45, 7) is 0.515. The van der Waals surface area contributed by atoms with Gasteiger partial charge in [-0.05, 0) is 35.7 Å². The Balaban J connectivity index is 1.39. The maximum Gasteiger partial charge on any atom is 0.258 e. The predicted molar refractivity (Wildman–Crippen MR) is 104 cm³/mol. The monoisotopic (exact) mass is 374 g/mol. The minimum absolute atomic E-state index is 0.0393. The molecule has 0 saturated carbocycles. The molecule has 0 radical (unpaired) electrons. The molecular weight excluding hydrogens is 356 g/mol. The number of amides is 1. The van der Waals surface area contributed by atoms with Crippen molar-refractivity contribution in [1.29, 1.82) is 0 Å². The molecule has 2 aromatic heterocycles. The van der Waals surface area contributed by atoms with Crippen molar-refractivity contribution in [2.24, 2.45) is 0 Å². The average molecular weight is 374 g/mol. The highest BCUT2D eigenvalue weighted by Crippen LogP contribution is 2.33. The lowest BCUT2D eigenvalue weighted by molar-refractivity contribution is -0.117. The van der Waals surface area contributed by atoms with E-state index in [1.165, 1.54) is 0 Å². The number of H-pyrrole nitrogens is 1. The SMILES string of the molecule is COc1cccc(N2CC(c3noc(-c4ccc5cc[nH]c5c4)n3)CC2=O)c1. The topological polar surface area (TPSA) is 84.2 Å². The van der Waals surface area contributed by atoms with Crippen LogP contribution in [0.15, 0.2) is 59.3 Å². The van der Waals surface area contributed by atoms with E-state index < -0.39 is 0 Å². The van der Waals surface area contributed by atoms with Crippen molar-refractivity contribution < 1.29 is 14.1 Å². The Hall–Kier alpha value is -3.61. The number of nitrogens with one attached hydrogen (secondary N) is 1. The molecule has 140 valence electrons. The van der Waals surface area contributed by atoms with Crippen LogP contribution in [-0.4, -0.2) is 34.7 Å². The summed E-state index contributed by atoms with van der Waals surface area (Å²) in [5.41, 5.74) is 2.67. The Morgan fingerprint density at radius 3 is 3.04 bits per heavy atom. The van der Waals surface area contributed by atoms with Crippen molar-refractivity contribution in [1.82, 2.24) is 15.1 Å². The van der Waals surface area contributed by atoms with E-state index in [4.69, 9.17) is 9.26 Å². The molecule has 1 atom stereocenters. The fourth-order valence-electron chi connectivity index (χ4n) is 3.61. The summed E-state index contributed by atoms with van der Waals surface area (Å²) in [5.74, 6) is 1.66. The van der Waals surface area contributed by atoms with Crippen molar-refractivity contribution >= 4 is 22.5 Å². The summed E-state index contributed by atoms with van der Waals surface area (Å²) in [4.78, 5) is 22.0. The van der Waals surface area contributed by atoms with Gasteiger partial charge in [0.15, 0.2) is 5.82 Å².